The van der Waals surface area contributed by atoms with Crippen molar-refractivity contribution in [2.24, 2.45) is 0 Å². The van der Waals surface area contributed by atoms with Crippen LogP contribution in [0.2, 0.25) is 0 Å². The minimum absolute atomic E-state index is 0.0793. The summed E-state index contributed by atoms with van der Waals surface area (Å²) in [4.78, 5) is 12.8. The van der Waals surface area contributed by atoms with Crippen LogP contribution >= 0.6 is 0 Å². The average Bonchev–Trinajstić information content (AvgIpc) is 3.24. The highest BCUT2D eigenvalue weighted by Gasteiger charge is 2.27. The highest BCUT2D eigenvalue weighted by Crippen LogP contribution is 2.24. The Morgan fingerprint density at radius 3 is 2.00 bits per heavy atom. The number of hydrogen-bond donors (Lipinski definition) is 2. The molecule has 162 valence electrons. The van der Waals surface area contributed by atoms with E-state index in [1.807, 2.05) is 12.1 Å². The molecular formula is C23H31N3O3S. The van der Waals surface area contributed by atoms with Crippen molar-refractivity contribution in [3.05, 3.63) is 54.1 Å². The van der Waals surface area contributed by atoms with Crippen LogP contribution in [-0.4, -0.2) is 37.8 Å². The largest absolute Gasteiger partial charge is 0.374 e. The number of carbonyl (C=O) groups excluding carboxylic acids is 1. The quantitative estimate of drug-likeness (QED) is 0.721. The van der Waals surface area contributed by atoms with E-state index in [1.165, 1.54) is 9.87 Å². The van der Waals surface area contributed by atoms with Gasteiger partial charge in [-0.15, -0.1) is 0 Å². The number of anilines is 2. The molecule has 7 heteroatoms. The van der Waals surface area contributed by atoms with Crippen LogP contribution in [-0.2, 0) is 20.2 Å². The Morgan fingerprint density at radius 1 is 0.933 bits per heavy atom. The van der Waals surface area contributed by atoms with E-state index in [2.05, 4.69) is 43.5 Å². The zero-order valence-corrected chi connectivity index (χ0v) is 18.9. The molecule has 0 aliphatic carbocycles. The van der Waals surface area contributed by atoms with Gasteiger partial charge in [0.05, 0.1) is 4.90 Å². The molecule has 1 aliphatic heterocycles. The standard InChI is InChI=1S/C23H31N3O3S/c1-17(24-19-9-7-18(8-10-19)23(2,3)4)22(27)25-20-11-13-21(14-12-20)30(28,29)26-15-5-6-16-26/h7-14,17,24H,5-6,15-16H2,1-4H3,(H,25,27)/t17-/m0/s1. The van der Waals surface area contributed by atoms with Crippen LogP contribution in [0.15, 0.2) is 53.4 Å². The van der Waals surface area contributed by atoms with E-state index in [1.54, 1.807) is 31.2 Å². The minimum atomic E-state index is -3.45. The fourth-order valence-electron chi connectivity index (χ4n) is 3.42. The monoisotopic (exact) mass is 429 g/mol. The van der Waals surface area contributed by atoms with Gasteiger partial charge in [0.15, 0.2) is 0 Å². The maximum Gasteiger partial charge on any atom is 0.246 e. The minimum Gasteiger partial charge on any atom is -0.374 e. The van der Waals surface area contributed by atoms with Crippen molar-refractivity contribution < 1.29 is 13.2 Å². The topological polar surface area (TPSA) is 78.5 Å². The summed E-state index contributed by atoms with van der Waals surface area (Å²) in [6, 6.07) is 14.0. The van der Waals surface area contributed by atoms with Crippen molar-refractivity contribution in [3.8, 4) is 0 Å². The van der Waals surface area contributed by atoms with Gasteiger partial charge in [-0.2, -0.15) is 4.31 Å². The lowest BCUT2D eigenvalue weighted by atomic mass is 9.87. The summed E-state index contributed by atoms with van der Waals surface area (Å²) >= 11 is 0. The lowest BCUT2D eigenvalue weighted by Crippen LogP contribution is -2.32. The second-order valence-electron chi connectivity index (χ2n) is 8.82. The Hall–Kier alpha value is -2.38. The first-order chi connectivity index (χ1) is 14.1. The summed E-state index contributed by atoms with van der Waals surface area (Å²) in [5.41, 5.74) is 2.75. The van der Waals surface area contributed by atoms with E-state index in [0.29, 0.717) is 18.8 Å². The van der Waals surface area contributed by atoms with E-state index in [4.69, 9.17) is 0 Å². The van der Waals surface area contributed by atoms with Gasteiger partial charge in [-0.1, -0.05) is 32.9 Å². The summed E-state index contributed by atoms with van der Waals surface area (Å²) in [6.07, 6.45) is 1.80. The molecule has 2 aromatic rings. The van der Waals surface area contributed by atoms with Crippen molar-refractivity contribution in [2.45, 2.75) is 56.9 Å². The third-order valence-electron chi connectivity index (χ3n) is 5.35. The number of rotatable bonds is 6. The summed E-state index contributed by atoms with van der Waals surface area (Å²) < 4.78 is 26.7. The van der Waals surface area contributed by atoms with Gasteiger partial charge in [-0.25, -0.2) is 8.42 Å². The molecule has 0 bridgehead atoms. The summed E-state index contributed by atoms with van der Waals surface area (Å²) in [6.45, 7) is 9.41. The van der Waals surface area contributed by atoms with Gasteiger partial charge >= 0.3 is 0 Å². The maximum absolute atomic E-state index is 12.6. The van der Waals surface area contributed by atoms with Crippen LogP contribution in [0.3, 0.4) is 0 Å². The van der Waals surface area contributed by atoms with Crippen molar-refractivity contribution in [1.82, 2.24) is 4.31 Å². The molecule has 0 unspecified atom stereocenters. The predicted molar refractivity (Wildman–Crippen MR) is 121 cm³/mol. The molecule has 3 rings (SSSR count). The SMILES string of the molecule is C[C@H](Nc1ccc(C(C)(C)C)cc1)C(=O)Nc1ccc(S(=O)(=O)N2CCCC2)cc1. The summed E-state index contributed by atoms with van der Waals surface area (Å²) in [5, 5.41) is 6.03. The molecule has 2 N–H and O–H groups in total. The number of hydrogen-bond acceptors (Lipinski definition) is 4. The molecular weight excluding hydrogens is 398 g/mol. The number of benzene rings is 2. The molecule has 2 aromatic carbocycles. The Labute approximate surface area is 179 Å². The van der Waals surface area contributed by atoms with E-state index in [0.717, 1.165) is 18.5 Å². The lowest BCUT2D eigenvalue weighted by molar-refractivity contribution is -0.116. The van der Waals surface area contributed by atoms with Gasteiger partial charge in [0.2, 0.25) is 15.9 Å². The van der Waals surface area contributed by atoms with Crippen molar-refractivity contribution in [1.29, 1.82) is 0 Å². The van der Waals surface area contributed by atoms with Crippen LogP contribution in [0.25, 0.3) is 0 Å². The predicted octanol–water partition coefficient (Wildman–Crippen LogP) is 4.21. The third kappa shape index (κ3) is 5.21. The van der Waals surface area contributed by atoms with Gasteiger partial charge in [0, 0.05) is 24.5 Å². The van der Waals surface area contributed by atoms with E-state index in [-0.39, 0.29) is 16.2 Å². The van der Waals surface area contributed by atoms with Crippen molar-refractivity contribution >= 4 is 27.3 Å². The summed E-state index contributed by atoms with van der Waals surface area (Å²) in [7, 11) is -3.45. The van der Waals surface area contributed by atoms with Gasteiger partial charge in [0.1, 0.15) is 6.04 Å². The zero-order chi connectivity index (χ0) is 21.9. The normalized spacial score (nSPS) is 16.3. The van der Waals surface area contributed by atoms with Gasteiger partial charge in [0.25, 0.3) is 0 Å². The highest BCUT2D eigenvalue weighted by atomic mass is 32.2. The molecule has 0 aromatic heterocycles. The number of carbonyl (C=O) groups is 1. The number of amides is 1. The Morgan fingerprint density at radius 2 is 1.47 bits per heavy atom. The highest BCUT2D eigenvalue weighted by molar-refractivity contribution is 7.89. The fraction of sp³-hybridized carbons (Fsp3) is 0.435. The molecule has 0 saturated carbocycles. The van der Waals surface area contributed by atoms with Crippen LogP contribution in [0.1, 0.15) is 46.1 Å². The van der Waals surface area contributed by atoms with Crippen molar-refractivity contribution in [3.63, 3.8) is 0 Å². The molecule has 1 atom stereocenters. The number of nitrogens with one attached hydrogen (secondary N) is 2. The molecule has 1 aliphatic rings. The van der Waals surface area contributed by atoms with E-state index < -0.39 is 16.1 Å². The first kappa shape index (κ1) is 22.3. The molecule has 1 saturated heterocycles. The van der Waals surface area contributed by atoms with Crippen LogP contribution in [0.5, 0.6) is 0 Å². The van der Waals surface area contributed by atoms with E-state index in [9.17, 15) is 13.2 Å². The lowest BCUT2D eigenvalue weighted by Gasteiger charge is -2.20. The first-order valence-electron chi connectivity index (χ1n) is 10.4. The average molecular weight is 430 g/mol. The van der Waals surface area contributed by atoms with E-state index >= 15 is 0 Å². The first-order valence-corrected chi connectivity index (χ1v) is 11.8. The molecule has 6 nitrogen and oxygen atoms in total. The van der Waals surface area contributed by atoms with Crippen LogP contribution in [0, 0.1) is 0 Å². The van der Waals surface area contributed by atoms with Gasteiger partial charge in [-0.05, 0) is 67.1 Å². The number of sulfonamides is 1. The van der Waals surface area contributed by atoms with Gasteiger partial charge in [-0.3, -0.25) is 4.79 Å². The zero-order valence-electron chi connectivity index (χ0n) is 18.1. The molecule has 1 fully saturated rings. The fourth-order valence-corrected chi connectivity index (χ4v) is 4.94. The Kier molecular flexibility index (Phi) is 6.53. The molecule has 0 radical (unpaired) electrons. The Balaban J connectivity index is 1.60. The van der Waals surface area contributed by atoms with Crippen molar-refractivity contribution in [2.75, 3.05) is 23.7 Å². The maximum atomic E-state index is 12.6. The smallest absolute Gasteiger partial charge is 0.246 e. The van der Waals surface area contributed by atoms with Crippen LogP contribution < -0.4 is 10.6 Å². The summed E-state index contributed by atoms with van der Waals surface area (Å²) in [5.74, 6) is -0.190. The van der Waals surface area contributed by atoms with Gasteiger partial charge < -0.3 is 10.6 Å². The molecule has 1 amide bonds. The second-order valence-corrected chi connectivity index (χ2v) is 10.8. The third-order valence-corrected chi connectivity index (χ3v) is 7.26. The Bertz CT molecular complexity index is 972. The second kappa shape index (κ2) is 8.78. The number of nitrogens with zero attached hydrogens (tertiary/aromatic N) is 1. The molecule has 0 spiro atoms. The molecule has 1 heterocycles. The van der Waals surface area contributed by atoms with Crippen LogP contribution in [0.4, 0.5) is 11.4 Å². The molecule has 30 heavy (non-hydrogen) atoms.